The smallest absolute Gasteiger partial charge is 0.289 e. The van der Waals surface area contributed by atoms with Crippen LogP contribution in [0, 0.1) is 11.7 Å². The minimum absolute atomic E-state index is 0.0299. The Bertz CT molecular complexity index is 1120. The fraction of sp³-hybridized carbons (Fsp3) is 0.286. The van der Waals surface area contributed by atoms with Gasteiger partial charge in [0.05, 0.1) is 36.4 Å². The summed E-state index contributed by atoms with van der Waals surface area (Å²) in [7, 11) is 2.97. The van der Waals surface area contributed by atoms with Crippen molar-refractivity contribution in [3.05, 3.63) is 45.7 Å². The highest BCUT2D eigenvalue weighted by molar-refractivity contribution is 9.10. The summed E-state index contributed by atoms with van der Waals surface area (Å²) < 4.78 is 36.4. The Morgan fingerprint density at radius 2 is 1.97 bits per heavy atom. The summed E-state index contributed by atoms with van der Waals surface area (Å²) in [6.45, 7) is 1.81. The van der Waals surface area contributed by atoms with Gasteiger partial charge >= 0.3 is 0 Å². The minimum Gasteiger partial charge on any atom is -0.492 e. The molecule has 9 nitrogen and oxygen atoms in total. The average Bonchev–Trinajstić information content (AvgIpc) is 3.42. The molecule has 11 heteroatoms. The second-order valence-electron chi connectivity index (χ2n) is 6.87. The van der Waals surface area contributed by atoms with Crippen LogP contribution in [-0.4, -0.2) is 38.8 Å². The first kappa shape index (κ1) is 21.9. The number of nitrogens with one attached hydrogen (secondary N) is 1. The maximum Gasteiger partial charge on any atom is 0.289 e. The fourth-order valence-corrected chi connectivity index (χ4v) is 4.18. The maximum atomic E-state index is 13.7. The molecular formula is C21H19BrFN3O6. The third kappa shape index (κ3) is 3.72. The molecule has 2 aliphatic rings. The van der Waals surface area contributed by atoms with Gasteiger partial charge in [0.1, 0.15) is 5.82 Å². The van der Waals surface area contributed by atoms with Crippen molar-refractivity contribution in [2.75, 3.05) is 21.0 Å². The zero-order valence-corrected chi connectivity index (χ0v) is 18.9. The Morgan fingerprint density at radius 3 is 2.69 bits per heavy atom. The molecule has 2 aromatic rings. The lowest BCUT2D eigenvalue weighted by atomic mass is 9.92. The number of nitrogens with zero attached hydrogens (tertiary/aromatic N) is 2. The van der Waals surface area contributed by atoms with Crippen molar-refractivity contribution >= 4 is 33.8 Å². The lowest BCUT2D eigenvalue weighted by Crippen LogP contribution is -2.31. The molecule has 0 bridgehead atoms. The lowest BCUT2D eigenvalue weighted by molar-refractivity contribution is -0.115. The number of amides is 1. The summed E-state index contributed by atoms with van der Waals surface area (Å²) in [5, 5.41) is 7.76. The van der Waals surface area contributed by atoms with Crippen LogP contribution in [0.4, 0.5) is 4.39 Å². The predicted octanol–water partition coefficient (Wildman–Crippen LogP) is 3.55. The molecule has 2 atom stereocenters. The maximum absolute atomic E-state index is 13.7. The monoisotopic (exact) mass is 507 g/mol. The predicted molar refractivity (Wildman–Crippen MR) is 116 cm³/mol. The van der Waals surface area contributed by atoms with Gasteiger partial charge in [-0.05, 0) is 22.0 Å². The molecule has 1 amide bonds. The van der Waals surface area contributed by atoms with E-state index in [0.29, 0.717) is 33.0 Å². The molecule has 0 fully saturated rings. The fourth-order valence-electron chi connectivity index (χ4n) is 3.48. The molecule has 1 N–H and O–H groups in total. The van der Waals surface area contributed by atoms with Crippen molar-refractivity contribution in [3.8, 4) is 23.0 Å². The van der Waals surface area contributed by atoms with E-state index in [1.54, 1.807) is 19.1 Å². The van der Waals surface area contributed by atoms with Gasteiger partial charge in [0.15, 0.2) is 23.3 Å². The van der Waals surface area contributed by atoms with E-state index in [1.165, 1.54) is 32.6 Å². The summed E-state index contributed by atoms with van der Waals surface area (Å²) in [5.74, 6) is 0.0719. The van der Waals surface area contributed by atoms with Gasteiger partial charge in [-0.2, -0.15) is 5.10 Å². The van der Waals surface area contributed by atoms with E-state index in [0.717, 1.165) is 0 Å². The van der Waals surface area contributed by atoms with Gasteiger partial charge in [0.25, 0.3) is 5.91 Å². The van der Waals surface area contributed by atoms with Gasteiger partial charge in [-0.15, -0.1) is 0 Å². The summed E-state index contributed by atoms with van der Waals surface area (Å²) in [5.41, 5.74) is 3.27. The molecule has 0 aromatic heterocycles. The number of carbonyl (C=O) groups is 1. The Labute approximate surface area is 191 Å². The van der Waals surface area contributed by atoms with Crippen LogP contribution in [0.15, 0.2) is 39.0 Å². The van der Waals surface area contributed by atoms with Crippen LogP contribution in [0.1, 0.15) is 24.2 Å². The van der Waals surface area contributed by atoms with Gasteiger partial charge in [0.2, 0.25) is 18.3 Å². The Morgan fingerprint density at radius 1 is 1.25 bits per heavy atom. The molecule has 2 heterocycles. The van der Waals surface area contributed by atoms with Crippen LogP contribution in [0.3, 0.4) is 0 Å². The van der Waals surface area contributed by atoms with Crippen LogP contribution in [0.2, 0.25) is 0 Å². The van der Waals surface area contributed by atoms with E-state index in [-0.39, 0.29) is 18.1 Å². The number of methoxy groups -OCH3 is 2. The minimum atomic E-state index is -0.681. The molecule has 0 unspecified atom stereocenters. The van der Waals surface area contributed by atoms with Gasteiger partial charge in [0, 0.05) is 5.56 Å². The molecule has 0 radical (unpaired) electrons. The van der Waals surface area contributed by atoms with Crippen molar-refractivity contribution in [1.82, 2.24) is 5.43 Å². The van der Waals surface area contributed by atoms with E-state index in [1.807, 2.05) is 0 Å². The van der Waals surface area contributed by atoms with Crippen LogP contribution in [0.5, 0.6) is 23.0 Å². The normalized spacial score (nSPS) is 19.0. The highest BCUT2D eigenvalue weighted by Crippen LogP contribution is 2.57. The van der Waals surface area contributed by atoms with E-state index in [4.69, 9.17) is 23.8 Å². The third-order valence-corrected chi connectivity index (χ3v) is 5.84. The Balaban J connectivity index is 1.56. The molecule has 0 aliphatic carbocycles. The molecule has 0 spiro atoms. The van der Waals surface area contributed by atoms with Crippen molar-refractivity contribution < 1.29 is 33.0 Å². The number of oxime groups is 1. The third-order valence-electron chi connectivity index (χ3n) is 5.06. The van der Waals surface area contributed by atoms with E-state index < -0.39 is 23.7 Å². The molecule has 0 saturated heterocycles. The first-order chi connectivity index (χ1) is 15.5. The highest BCUT2D eigenvalue weighted by atomic mass is 79.9. The second kappa shape index (κ2) is 9.03. The number of halogens is 2. The molecular weight excluding hydrogens is 489 g/mol. The first-order valence-electron chi connectivity index (χ1n) is 9.52. The number of hydrazone groups is 1. The van der Waals surface area contributed by atoms with Crippen LogP contribution in [-0.2, 0) is 9.63 Å². The van der Waals surface area contributed by atoms with Gasteiger partial charge in [-0.1, -0.05) is 30.3 Å². The Hall–Kier alpha value is -3.34. The molecule has 2 aromatic carbocycles. The lowest BCUT2D eigenvalue weighted by Gasteiger charge is -2.22. The summed E-state index contributed by atoms with van der Waals surface area (Å²) in [6.07, 6.45) is 0.535. The van der Waals surface area contributed by atoms with Crippen molar-refractivity contribution in [2.45, 2.75) is 13.0 Å². The molecule has 0 saturated carbocycles. The van der Waals surface area contributed by atoms with E-state index >= 15 is 0 Å². The molecule has 4 rings (SSSR count). The zero-order valence-electron chi connectivity index (χ0n) is 17.3. The number of hydrogen-bond acceptors (Lipinski definition) is 8. The number of hydrogen-bond donors (Lipinski definition) is 1. The van der Waals surface area contributed by atoms with E-state index in [9.17, 15) is 9.18 Å². The van der Waals surface area contributed by atoms with Crippen LogP contribution >= 0.6 is 15.9 Å². The summed E-state index contributed by atoms with van der Waals surface area (Å²) in [4.78, 5) is 18.2. The largest absolute Gasteiger partial charge is 0.492 e. The van der Waals surface area contributed by atoms with Gasteiger partial charge in [-0.3, -0.25) is 4.79 Å². The summed E-state index contributed by atoms with van der Waals surface area (Å²) in [6, 6.07) is 6.07. The van der Waals surface area contributed by atoms with Crippen molar-refractivity contribution in [1.29, 1.82) is 0 Å². The zero-order chi connectivity index (χ0) is 22.8. The number of fused-ring (bicyclic) bond motifs is 1. The second-order valence-corrected chi connectivity index (χ2v) is 7.66. The van der Waals surface area contributed by atoms with Crippen LogP contribution < -0.4 is 24.4 Å². The number of ether oxygens (including phenoxy) is 4. The molecule has 32 heavy (non-hydrogen) atoms. The molecule has 2 aliphatic heterocycles. The number of benzene rings is 2. The van der Waals surface area contributed by atoms with Gasteiger partial charge in [-0.25, -0.2) is 9.82 Å². The topological polar surface area (TPSA) is 100.0 Å². The quantitative estimate of drug-likeness (QED) is 0.474. The summed E-state index contributed by atoms with van der Waals surface area (Å²) >= 11 is 3.53. The van der Waals surface area contributed by atoms with Crippen molar-refractivity contribution in [3.63, 3.8) is 0 Å². The van der Waals surface area contributed by atoms with Gasteiger partial charge < -0.3 is 23.8 Å². The SMILES string of the molecule is COc1c2c(c(Br)c([C@H]3ON=C(C(=O)N/N=C\c4ccccc4F)[C@@H]3C)c1OC)OCO2. The average molecular weight is 508 g/mol. The first-order valence-corrected chi connectivity index (χ1v) is 10.3. The highest BCUT2D eigenvalue weighted by Gasteiger charge is 2.42. The Kier molecular flexibility index (Phi) is 6.17. The van der Waals surface area contributed by atoms with Crippen LogP contribution in [0.25, 0.3) is 0 Å². The van der Waals surface area contributed by atoms with E-state index in [2.05, 4.69) is 31.6 Å². The molecule has 168 valence electrons. The standard InChI is InChI=1S/C21H19BrFN3O6/c1-10-15(21(27)25-24-8-11-6-4-5-7-12(11)23)26-32-16(10)13-14(22)18-20(31-9-30-18)19(29-3)17(13)28-2/h4-8,10,16H,9H2,1-3H3,(H,25,27)/b24-8-/t10-,16-/m0/s1. The van der Waals surface area contributed by atoms with Crippen molar-refractivity contribution in [2.24, 2.45) is 16.2 Å². The number of carbonyl (C=O) groups excluding carboxylic acids is 1. The number of rotatable bonds is 6.